The standard InChI is InChI=1S/C12H11BrN2O/c13-12-5-6-14-7-9(12)8-15-10-1-3-11(16)4-2-10/h1-7,15-16H,8H2. The van der Waals surface area contributed by atoms with Crippen LogP contribution in [0.3, 0.4) is 0 Å². The lowest BCUT2D eigenvalue weighted by Gasteiger charge is -2.07. The first-order chi connectivity index (χ1) is 7.75. The zero-order valence-electron chi connectivity index (χ0n) is 8.52. The van der Waals surface area contributed by atoms with Crippen LogP contribution in [-0.4, -0.2) is 10.1 Å². The highest BCUT2D eigenvalue weighted by Gasteiger charge is 1.99. The molecule has 0 unspecified atom stereocenters. The number of nitrogens with one attached hydrogen (secondary N) is 1. The Balaban J connectivity index is 2.02. The lowest BCUT2D eigenvalue weighted by Crippen LogP contribution is -2.00. The first-order valence-electron chi connectivity index (χ1n) is 4.87. The molecule has 4 heteroatoms. The molecule has 0 radical (unpaired) electrons. The van der Waals surface area contributed by atoms with Crippen molar-refractivity contribution in [2.24, 2.45) is 0 Å². The third-order valence-electron chi connectivity index (χ3n) is 2.19. The van der Waals surface area contributed by atoms with Crippen LogP contribution in [0.4, 0.5) is 5.69 Å². The van der Waals surface area contributed by atoms with Crippen LogP contribution in [0.1, 0.15) is 5.56 Å². The zero-order valence-corrected chi connectivity index (χ0v) is 10.1. The Morgan fingerprint density at radius 1 is 1.19 bits per heavy atom. The van der Waals surface area contributed by atoms with Crippen molar-refractivity contribution in [1.29, 1.82) is 0 Å². The predicted molar refractivity (Wildman–Crippen MR) is 67.4 cm³/mol. The number of hydrogen-bond acceptors (Lipinski definition) is 3. The Morgan fingerprint density at radius 3 is 2.62 bits per heavy atom. The van der Waals surface area contributed by atoms with E-state index in [9.17, 15) is 0 Å². The Kier molecular flexibility index (Phi) is 3.41. The number of aromatic nitrogens is 1. The van der Waals surface area contributed by atoms with Gasteiger partial charge in [0.15, 0.2) is 0 Å². The van der Waals surface area contributed by atoms with Crippen LogP contribution >= 0.6 is 15.9 Å². The molecule has 16 heavy (non-hydrogen) atoms. The molecule has 1 aromatic heterocycles. The average Bonchev–Trinajstić information content (AvgIpc) is 2.30. The second-order valence-electron chi connectivity index (χ2n) is 3.37. The molecule has 0 amide bonds. The van der Waals surface area contributed by atoms with E-state index < -0.39 is 0 Å². The quantitative estimate of drug-likeness (QED) is 0.848. The molecule has 3 nitrogen and oxygen atoms in total. The van der Waals surface area contributed by atoms with E-state index in [1.165, 1.54) is 0 Å². The molecule has 0 fully saturated rings. The number of hydrogen-bond donors (Lipinski definition) is 2. The lowest BCUT2D eigenvalue weighted by molar-refractivity contribution is 0.475. The van der Waals surface area contributed by atoms with Crippen molar-refractivity contribution < 1.29 is 5.11 Å². The molecule has 0 spiro atoms. The van der Waals surface area contributed by atoms with E-state index in [-0.39, 0.29) is 5.75 Å². The van der Waals surface area contributed by atoms with E-state index in [0.717, 1.165) is 15.7 Å². The summed E-state index contributed by atoms with van der Waals surface area (Å²) in [6.07, 6.45) is 3.56. The summed E-state index contributed by atoms with van der Waals surface area (Å²) in [5.41, 5.74) is 2.06. The average molecular weight is 279 g/mol. The summed E-state index contributed by atoms with van der Waals surface area (Å²) >= 11 is 3.46. The predicted octanol–water partition coefficient (Wildman–Crippen LogP) is 3.16. The minimum absolute atomic E-state index is 0.271. The van der Waals surface area contributed by atoms with Gasteiger partial charge in [-0.2, -0.15) is 0 Å². The van der Waals surface area contributed by atoms with Crippen molar-refractivity contribution >= 4 is 21.6 Å². The smallest absolute Gasteiger partial charge is 0.115 e. The molecule has 0 aliphatic rings. The van der Waals surface area contributed by atoms with Crippen LogP contribution in [0.15, 0.2) is 47.2 Å². The third-order valence-corrected chi connectivity index (χ3v) is 2.97. The van der Waals surface area contributed by atoms with Gasteiger partial charge in [-0.05, 0) is 30.3 Å². The highest BCUT2D eigenvalue weighted by Crippen LogP contribution is 2.18. The molecule has 0 aliphatic carbocycles. The zero-order chi connectivity index (χ0) is 11.4. The molecule has 0 bridgehead atoms. The fourth-order valence-corrected chi connectivity index (χ4v) is 1.68. The van der Waals surface area contributed by atoms with Gasteiger partial charge in [0.05, 0.1) is 0 Å². The van der Waals surface area contributed by atoms with Gasteiger partial charge >= 0.3 is 0 Å². The monoisotopic (exact) mass is 278 g/mol. The van der Waals surface area contributed by atoms with Crippen molar-refractivity contribution in [2.75, 3.05) is 5.32 Å². The lowest BCUT2D eigenvalue weighted by atomic mass is 10.2. The molecule has 0 saturated carbocycles. The SMILES string of the molecule is Oc1ccc(NCc2cnccc2Br)cc1. The van der Waals surface area contributed by atoms with Gasteiger partial charge in [0.2, 0.25) is 0 Å². The summed E-state index contributed by atoms with van der Waals surface area (Å²) in [5, 5.41) is 12.4. The van der Waals surface area contributed by atoms with Gasteiger partial charge in [0.1, 0.15) is 5.75 Å². The van der Waals surface area contributed by atoms with E-state index in [4.69, 9.17) is 5.11 Å². The fourth-order valence-electron chi connectivity index (χ4n) is 1.32. The number of anilines is 1. The number of nitrogens with zero attached hydrogens (tertiary/aromatic N) is 1. The summed E-state index contributed by atoms with van der Waals surface area (Å²) in [7, 11) is 0. The van der Waals surface area contributed by atoms with E-state index >= 15 is 0 Å². The van der Waals surface area contributed by atoms with Crippen LogP contribution in [0.2, 0.25) is 0 Å². The normalized spacial score (nSPS) is 10.1. The Hall–Kier alpha value is -1.55. The van der Waals surface area contributed by atoms with E-state index in [0.29, 0.717) is 6.54 Å². The van der Waals surface area contributed by atoms with Crippen molar-refractivity contribution in [3.8, 4) is 5.75 Å². The highest BCUT2D eigenvalue weighted by molar-refractivity contribution is 9.10. The maximum absolute atomic E-state index is 9.14. The molecule has 0 aliphatic heterocycles. The van der Waals surface area contributed by atoms with Gasteiger partial charge in [-0.15, -0.1) is 0 Å². The summed E-state index contributed by atoms with van der Waals surface area (Å²) in [4.78, 5) is 4.06. The van der Waals surface area contributed by atoms with Gasteiger partial charge in [-0.1, -0.05) is 15.9 Å². The van der Waals surface area contributed by atoms with Crippen LogP contribution in [0.25, 0.3) is 0 Å². The largest absolute Gasteiger partial charge is 0.508 e. The Bertz CT molecular complexity index is 471. The molecule has 1 aromatic carbocycles. The van der Waals surface area contributed by atoms with Gasteiger partial charge < -0.3 is 10.4 Å². The summed E-state index contributed by atoms with van der Waals surface area (Å²) < 4.78 is 1.04. The topological polar surface area (TPSA) is 45.1 Å². The second kappa shape index (κ2) is 4.99. The number of aromatic hydroxyl groups is 1. The van der Waals surface area contributed by atoms with Crippen LogP contribution < -0.4 is 5.32 Å². The number of phenolic OH excluding ortho intramolecular Hbond substituents is 1. The molecular formula is C12H11BrN2O. The van der Waals surface area contributed by atoms with Crippen molar-refractivity contribution in [1.82, 2.24) is 4.98 Å². The molecule has 2 rings (SSSR count). The number of halogens is 1. The van der Waals surface area contributed by atoms with Crippen LogP contribution in [0, 0.1) is 0 Å². The first kappa shape index (κ1) is 11.0. The summed E-state index contributed by atoms with van der Waals surface area (Å²) in [6.45, 7) is 0.694. The number of phenols is 1. The third kappa shape index (κ3) is 2.73. The van der Waals surface area contributed by atoms with Crippen molar-refractivity contribution in [3.05, 3.63) is 52.8 Å². The van der Waals surface area contributed by atoms with E-state index in [1.54, 1.807) is 18.3 Å². The number of benzene rings is 1. The van der Waals surface area contributed by atoms with Crippen LogP contribution in [0.5, 0.6) is 5.75 Å². The minimum Gasteiger partial charge on any atom is -0.508 e. The van der Waals surface area contributed by atoms with Crippen molar-refractivity contribution in [3.63, 3.8) is 0 Å². The second-order valence-corrected chi connectivity index (χ2v) is 4.22. The van der Waals surface area contributed by atoms with E-state index in [2.05, 4.69) is 26.2 Å². The number of rotatable bonds is 3. The van der Waals surface area contributed by atoms with E-state index in [1.807, 2.05) is 24.4 Å². The number of pyridine rings is 1. The van der Waals surface area contributed by atoms with Crippen molar-refractivity contribution in [2.45, 2.75) is 6.54 Å². The minimum atomic E-state index is 0.271. The summed E-state index contributed by atoms with van der Waals surface area (Å²) in [5.74, 6) is 0.271. The van der Waals surface area contributed by atoms with Gasteiger partial charge in [-0.25, -0.2) is 0 Å². The van der Waals surface area contributed by atoms with Gasteiger partial charge in [0.25, 0.3) is 0 Å². The molecule has 82 valence electrons. The molecule has 0 saturated heterocycles. The Labute approximate surface area is 102 Å². The van der Waals surface area contributed by atoms with Gasteiger partial charge in [0, 0.05) is 34.7 Å². The maximum atomic E-state index is 9.14. The first-order valence-corrected chi connectivity index (χ1v) is 5.66. The van der Waals surface area contributed by atoms with Gasteiger partial charge in [-0.3, -0.25) is 4.98 Å². The molecular weight excluding hydrogens is 268 g/mol. The molecule has 1 heterocycles. The highest BCUT2D eigenvalue weighted by atomic mass is 79.9. The fraction of sp³-hybridized carbons (Fsp3) is 0.0833. The summed E-state index contributed by atoms with van der Waals surface area (Å²) in [6, 6.07) is 8.88. The maximum Gasteiger partial charge on any atom is 0.115 e. The molecule has 2 aromatic rings. The Morgan fingerprint density at radius 2 is 1.94 bits per heavy atom. The van der Waals surface area contributed by atoms with Crippen LogP contribution in [-0.2, 0) is 6.54 Å². The molecule has 2 N–H and O–H groups in total. The molecule has 0 atom stereocenters.